The van der Waals surface area contributed by atoms with E-state index in [4.69, 9.17) is 32.7 Å². The second kappa shape index (κ2) is 10.3. The van der Waals surface area contributed by atoms with Crippen molar-refractivity contribution in [3.05, 3.63) is 28.2 Å². The summed E-state index contributed by atoms with van der Waals surface area (Å²) in [6.45, 7) is 7.10. The molecule has 8 heteroatoms. The van der Waals surface area contributed by atoms with Gasteiger partial charge in [0.2, 0.25) is 0 Å². The van der Waals surface area contributed by atoms with Crippen molar-refractivity contribution < 1.29 is 19.1 Å². The normalized spacial score (nSPS) is 13.8. The lowest BCUT2D eigenvalue weighted by Gasteiger charge is -2.16. The van der Waals surface area contributed by atoms with E-state index in [0.717, 1.165) is 0 Å². The Labute approximate surface area is 157 Å². The lowest BCUT2D eigenvalue weighted by molar-refractivity contribution is -0.145. The first-order valence-electron chi connectivity index (χ1n) is 7.92. The molecule has 0 bridgehead atoms. The van der Waals surface area contributed by atoms with Crippen LogP contribution in [-0.2, 0) is 14.3 Å². The number of nitrogens with zero attached hydrogens (tertiary/aromatic N) is 1. The number of halogens is 2. The molecule has 1 N–H and O–H groups in total. The Balaban J connectivity index is 2.68. The average molecular weight is 389 g/mol. The van der Waals surface area contributed by atoms with Crippen LogP contribution in [-0.4, -0.2) is 30.3 Å². The minimum absolute atomic E-state index is 0.293. The van der Waals surface area contributed by atoms with Crippen molar-refractivity contribution in [2.75, 3.05) is 6.61 Å². The first-order valence-corrected chi connectivity index (χ1v) is 8.68. The Morgan fingerprint density at radius 3 is 2.52 bits per heavy atom. The van der Waals surface area contributed by atoms with Gasteiger partial charge in [0, 0.05) is 10.7 Å². The second-order valence-corrected chi connectivity index (χ2v) is 6.12. The molecule has 0 heterocycles. The van der Waals surface area contributed by atoms with E-state index in [1.807, 2.05) is 6.92 Å². The number of carbonyl (C=O) groups excluding carboxylic acids is 2. The third-order valence-electron chi connectivity index (χ3n) is 3.39. The quantitative estimate of drug-likeness (QED) is 0.416. The van der Waals surface area contributed by atoms with E-state index in [1.54, 1.807) is 32.9 Å². The summed E-state index contributed by atoms with van der Waals surface area (Å²) >= 11 is 11.8. The molecule has 1 rings (SSSR count). The third-order valence-corrected chi connectivity index (χ3v) is 3.92. The summed E-state index contributed by atoms with van der Waals surface area (Å²) in [7, 11) is 0. The van der Waals surface area contributed by atoms with Gasteiger partial charge in [-0.1, -0.05) is 30.1 Å². The van der Waals surface area contributed by atoms with Gasteiger partial charge in [0.1, 0.15) is 5.75 Å². The Hall–Kier alpha value is -1.79. The van der Waals surface area contributed by atoms with Crippen LogP contribution in [0.2, 0.25) is 10.0 Å². The highest BCUT2D eigenvalue weighted by molar-refractivity contribution is 6.35. The zero-order valence-electron chi connectivity index (χ0n) is 14.6. The van der Waals surface area contributed by atoms with Gasteiger partial charge in [0.05, 0.1) is 17.5 Å². The molecule has 0 radical (unpaired) electrons. The zero-order chi connectivity index (χ0) is 19.0. The highest BCUT2D eigenvalue weighted by atomic mass is 35.5. The Morgan fingerprint density at radius 1 is 1.28 bits per heavy atom. The van der Waals surface area contributed by atoms with Crippen LogP contribution < -0.4 is 10.2 Å². The predicted molar refractivity (Wildman–Crippen MR) is 98.2 cm³/mol. The number of benzene rings is 1. The summed E-state index contributed by atoms with van der Waals surface area (Å²) in [6.07, 6.45) is -0.311. The van der Waals surface area contributed by atoms with Crippen LogP contribution in [0, 0.1) is 5.92 Å². The summed E-state index contributed by atoms with van der Waals surface area (Å²) in [4.78, 5) is 23.9. The average Bonchev–Trinajstić information content (AvgIpc) is 2.56. The molecule has 0 spiro atoms. The molecule has 1 amide bonds. The highest BCUT2D eigenvalue weighted by Gasteiger charge is 2.22. The molecule has 25 heavy (non-hydrogen) atoms. The number of hydrogen-bond acceptors (Lipinski definition) is 5. The maximum Gasteiger partial charge on any atom is 0.314 e. The number of ether oxygens (including phenoxy) is 2. The van der Waals surface area contributed by atoms with Gasteiger partial charge in [-0.05, 0) is 45.4 Å². The van der Waals surface area contributed by atoms with E-state index >= 15 is 0 Å². The van der Waals surface area contributed by atoms with Gasteiger partial charge < -0.3 is 9.47 Å². The van der Waals surface area contributed by atoms with Gasteiger partial charge in [-0.25, -0.2) is 5.43 Å². The maximum atomic E-state index is 12.1. The molecule has 0 unspecified atom stereocenters. The maximum absolute atomic E-state index is 12.1. The van der Waals surface area contributed by atoms with Gasteiger partial charge >= 0.3 is 5.97 Å². The van der Waals surface area contributed by atoms with Gasteiger partial charge in [0.15, 0.2) is 6.10 Å². The molecule has 0 fully saturated rings. The van der Waals surface area contributed by atoms with E-state index < -0.39 is 17.9 Å². The molecule has 1 aromatic rings. The molecular formula is C17H22Cl2N2O4. The van der Waals surface area contributed by atoms with Crippen LogP contribution >= 0.6 is 23.2 Å². The van der Waals surface area contributed by atoms with Crippen molar-refractivity contribution in [3.63, 3.8) is 0 Å². The van der Waals surface area contributed by atoms with E-state index in [0.29, 0.717) is 34.5 Å². The monoisotopic (exact) mass is 388 g/mol. The highest BCUT2D eigenvalue weighted by Crippen LogP contribution is 2.28. The molecular weight excluding hydrogens is 367 g/mol. The summed E-state index contributed by atoms with van der Waals surface area (Å²) < 4.78 is 10.5. The van der Waals surface area contributed by atoms with E-state index in [1.165, 1.54) is 6.07 Å². The van der Waals surface area contributed by atoms with Crippen LogP contribution in [0.5, 0.6) is 5.75 Å². The van der Waals surface area contributed by atoms with Crippen LogP contribution in [0.1, 0.15) is 34.1 Å². The van der Waals surface area contributed by atoms with Gasteiger partial charge in [0.25, 0.3) is 5.91 Å². The van der Waals surface area contributed by atoms with Gasteiger partial charge in [-0.3, -0.25) is 9.59 Å². The van der Waals surface area contributed by atoms with E-state index in [-0.39, 0.29) is 5.97 Å². The molecule has 0 aromatic heterocycles. The standard InChI is InChI=1S/C17H22Cl2N2O4/c1-5-13(17(23)24-6-2)10(3)20-21-16(22)11(4)25-15-8-7-12(18)9-14(15)19/h7-9,11,13H,5-6H2,1-4H3,(H,21,22)/b20-10+/t11-,13-/m0/s1. The molecule has 0 aliphatic carbocycles. The smallest absolute Gasteiger partial charge is 0.314 e. The molecule has 138 valence electrons. The molecule has 0 saturated heterocycles. The van der Waals surface area contributed by atoms with E-state index in [9.17, 15) is 9.59 Å². The van der Waals surface area contributed by atoms with E-state index in [2.05, 4.69) is 10.5 Å². The summed E-state index contributed by atoms with van der Waals surface area (Å²) in [5.41, 5.74) is 2.86. The second-order valence-electron chi connectivity index (χ2n) is 5.28. The number of hydrazone groups is 1. The number of esters is 1. The number of carbonyl (C=O) groups is 2. The Bertz CT molecular complexity index is 650. The molecule has 0 aliphatic rings. The largest absolute Gasteiger partial charge is 0.479 e. The van der Waals surface area contributed by atoms with Crippen molar-refractivity contribution in [2.24, 2.45) is 11.0 Å². The number of hydrogen-bond donors (Lipinski definition) is 1. The third kappa shape index (κ3) is 6.55. The minimum atomic E-state index is -0.835. The first-order chi connectivity index (χ1) is 11.8. The molecule has 0 aliphatic heterocycles. The summed E-state index contributed by atoms with van der Waals surface area (Å²) in [5, 5.41) is 4.76. The van der Waals surface area contributed by atoms with Crippen molar-refractivity contribution in [2.45, 2.75) is 40.2 Å². The van der Waals surface area contributed by atoms with Crippen LogP contribution in [0.25, 0.3) is 0 Å². The SMILES string of the molecule is CCOC(=O)[C@@H](CC)/C(C)=N/NC(=O)[C@H](C)Oc1ccc(Cl)cc1Cl. The van der Waals surface area contributed by atoms with Crippen molar-refractivity contribution >= 4 is 40.8 Å². The fourth-order valence-electron chi connectivity index (χ4n) is 2.00. The Morgan fingerprint density at radius 2 is 1.96 bits per heavy atom. The lowest BCUT2D eigenvalue weighted by Crippen LogP contribution is -2.35. The van der Waals surface area contributed by atoms with Crippen molar-refractivity contribution in [1.29, 1.82) is 0 Å². The number of rotatable bonds is 8. The minimum Gasteiger partial charge on any atom is -0.479 e. The van der Waals surface area contributed by atoms with Gasteiger partial charge in [-0.15, -0.1) is 0 Å². The number of nitrogens with one attached hydrogen (secondary N) is 1. The molecule has 0 saturated carbocycles. The summed E-state index contributed by atoms with van der Waals surface area (Å²) in [6, 6.07) is 4.72. The summed E-state index contributed by atoms with van der Waals surface area (Å²) in [5.74, 6) is -0.989. The molecule has 6 nitrogen and oxygen atoms in total. The molecule has 1 aromatic carbocycles. The van der Waals surface area contributed by atoms with Crippen LogP contribution in [0.4, 0.5) is 0 Å². The van der Waals surface area contributed by atoms with Gasteiger partial charge in [-0.2, -0.15) is 5.10 Å². The van der Waals surface area contributed by atoms with Crippen LogP contribution in [0.15, 0.2) is 23.3 Å². The van der Waals surface area contributed by atoms with Crippen LogP contribution in [0.3, 0.4) is 0 Å². The molecule has 2 atom stereocenters. The zero-order valence-corrected chi connectivity index (χ0v) is 16.1. The Kier molecular flexibility index (Phi) is 8.72. The van der Waals surface area contributed by atoms with Crippen molar-refractivity contribution in [3.8, 4) is 5.75 Å². The number of amides is 1. The predicted octanol–water partition coefficient (Wildman–Crippen LogP) is 3.84. The fourth-order valence-corrected chi connectivity index (χ4v) is 2.46. The first kappa shape index (κ1) is 21.3. The fraction of sp³-hybridized carbons (Fsp3) is 0.471. The van der Waals surface area contributed by atoms with Crippen molar-refractivity contribution in [1.82, 2.24) is 5.43 Å². The lowest BCUT2D eigenvalue weighted by atomic mass is 10.0. The topological polar surface area (TPSA) is 77.0 Å².